The lowest BCUT2D eigenvalue weighted by Crippen LogP contribution is -2.39. The van der Waals surface area contributed by atoms with Gasteiger partial charge >= 0.3 is 0 Å². The van der Waals surface area contributed by atoms with Gasteiger partial charge in [0.05, 0.1) is 18.6 Å². The Bertz CT molecular complexity index is 846. The third-order valence-corrected chi connectivity index (χ3v) is 6.62. The first kappa shape index (κ1) is 16.4. The van der Waals surface area contributed by atoms with Gasteiger partial charge in [0.25, 0.3) is 5.56 Å². The van der Waals surface area contributed by atoms with Crippen LogP contribution in [-0.4, -0.2) is 47.3 Å². The van der Waals surface area contributed by atoms with E-state index in [4.69, 9.17) is 17.0 Å². The Morgan fingerprint density at radius 3 is 2.75 bits per heavy atom. The number of nitrogens with zero attached hydrogens (tertiary/aromatic N) is 2. The molecule has 1 aliphatic heterocycles. The van der Waals surface area contributed by atoms with Gasteiger partial charge in [0.1, 0.15) is 4.83 Å². The van der Waals surface area contributed by atoms with E-state index < -0.39 is 0 Å². The number of aryl methyl sites for hydroxylation is 2. The predicted octanol–water partition coefficient (Wildman–Crippen LogP) is 2.72. The van der Waals surface area contributed by atoms with E-state index in [1.54, 1.807) is 15.9 Å². The number of thiophene rings is 1. The van der Waals surface area contributed by atoms with E-state index >= 15 is 0 Å². The second kappa shape index (κ2) is 7.07. The van der Waals surface area contributed by atoms with Crippen LogP contribution in [0.2, 0.25) is 0 Å². The topological polar surface area (TPSA) is 50.3 Å². The van der Waals surface area contributed by atoms with E-state index in [2.05, 4.69) is 9.88 Å². The third-order valence-electron chi connectivity index (χ3n) is 5.09. The maximum Gasteiger partial charge on any atom is 0.263 e. The van der Waals surface area contributed by atoms with Crippen molar-refractivity contribution in [3.05, 3.63) is 25.6 Å². The highest BCUT2D eigenvalue weighted by Crippen LogP contribution is 2.32. The molecule has 2 aromatic rings. The summed E-state index contributed by atoms with van der Waals surface area (Å²) >= 11 is 7.21. The minimum absolute atomic E-state index is 0.0985. The Hall–Kier alpha value is -1.02. The van der Waals surface area contributed by atoms with E-state index in [1.165, 1.54) is 29.7 Å². The molecule has 0 radical (unpaired) electrons. The van der Waals surface area contributed by atoms with E-state index in [-0.39, 0.29) is 5.56 Å². The third kappa shape index (κ3) is 3.10. The van der Waals surface area contributed by atoms with Gasteiger partial charge in [0.15, 0.2) is 4.77 Å². The second-order valence-corrected chi connectivity index (χ2v) is 8.10. The number of H-pyrrole nitrogens is 1. The number of aromatic amines is 1. The molecule has 0 spiro atoms. The fraction of sp³-hybridized carbons (Fsp3) is 0.647. The zero-order chi connectivity index (χ0) is 16.5. The molecule has 0 amide bonds. The van der Waals surface area contributed by atoms with Crippen molar-refractivity contribution in [1.29, 1.82) is 0 Å². The molecule has 24 heavy (non-hydrogen) atoms. The van der Waals surface area contributed by atoms with Crippen molar-refractivity contribution in [3.8, 4) is 0 Å². The number of hydrogen-bond donors (Lipinski definition) is 1. The van der Waals surface area contributed by atoms with Gasteiger partial charge in [-0.2, -0.15) is 0 Å². The zero-order valence-electron chi connectivity index (χ0n) is 13.8. The number of nitrogens with one attached hydrogen (secondary N) is 1. The molecule has 1 fully saturated rings. The Morgan fingerprint density at radius 1 is 1.12 bits per heavy atom. The molecule has 4 rings (SSSR count). The van der Waals surface area contributed by atoms with E-state index in [0.29, 0.717) is 11.3 Å². The van der Waals surface area contributed by atoms with Crippen molar-refractivity contribution in [1.82, 2.24) is 14.5 Å². The van der Waals surface area contributed by atoms with Crippen LogP contribution in [0.5, 0.6) is 0 Å². The fourth-order valence-electron chi connectivity index (χ4n) is 3.72. The maximum atomic E-state index is 13.1. The van der Waals surface area contributed by atoms with E-state index in [1.807, 2.05) is 0 Å². The Morgan fingerprint density at radius 2 is 1.92 bits per heavy atom. The van der Waals surface area contributed by atoms with Gasteiger partial charge in [-0.15, -0.1) is 11.3 Å². The lowest BCUT2D eigenvalue weighted by Gasteiger charge is -2.26. The molecule has 2 aliphatic rings. The SMILES string of the molecule is O=c1c2c3c(sc2[nH]c(=S)n1CCN1CCOCC1)CCCCC3. The Kier molecular flexibility index (Phi) is 4.85. The number of hydrogen-bond acceptors (Lipinski definition) is 5. The fourth-order valence-corrected chi connectivity index (χ4v) is 5.34. The second-order valence-electron chi connectivity index (χ2n) is 6.61. The summed E-state index contributed by atoms with van der Waals surface area (Å²) in [6.45, 7) is 4.91. The molecule has 1 saturated heterocycles. The van der Waals surface area contributed by atoms with Gasteiger partial charge in [-0.05, 0) is 43.5 Å². The minimum atomic E-state index is 0.0985. The molecule has 3 heterocycles. The van der Waals surface area contributed by atoms with Gasteiger partial charge in [0.2, 0.25) is 0 Å². The van der Waals surface area contributed by atoms with Crippen LogP contribution in [0.4, 0.5) is 0 Å². The molecule has 5 nitrogen and oxygen atoms in total. The first-order valence-electron chi connectivity index (χ1n) is 8.81. The first-order chi connectivity index (χ1) is 11.7. The van der Waals surface area contributed by atoms with E-state index in [9.17, 15) is 4.79 Å². The highest BCUT2D eigenvalue weighted by atomic mass is 32.1. The van der Waals surface area contributed by atoms with Gasteiger partial charge in [0, 0.05) is 31.1 Å². The van der Waals surface area contributed by atoms with Crippen molar-refractivity contribution in [2.45, 2.75) is 38.6 Å². The number of fused-ring (bicyclic) bond motifs is 3. The first-order valence-corrected chi connectivity index (χ1v) is 10.0. The Balaban J connectivity index is 1.69. The summed E-state index contributed by atoms with van der Waals surface area (Å²) in [5.74, 6) is 0. The molecule has 1 aliphatic carbocycles. The Labute approximate surface area is 150 Å². The van der Waals surface area contributed by atoms with Crippen molar-refractivity contribution in [2.75, 3.05) is 32.8 Å². The predicted molar refractivity (Wildman–Crippen MR) is 99.8 cm³/mol. The van der Waals surface area contributed by atoms with Gasteiger partial charge in [-0.3, -0.25) is 14.3 Å². The summed E-state index contributed by atoms with van der Waals surface area (Å²) in [5, 5.41) is 0.896. The summed E-state index contributed by atoms with van der Waals surface area (Å²) in [6, 6.07) is 0. The lowest BCUT2D eigenvalue weighted by molar-refractivity contribution is 0.0362. The molecule has 0 saturated carbocycles. The number of morpholine rings is 1. The van der Waals surface area contributed by atoms with Crippen molar-refractivity contribution in [3.63, 3.8) is 0 Å². The molecule has 0 bridgehead atoms. The number of ether oxygens (including phenoxy) is 1. The van der Waals surface area contributed by atoms with Crippen LogP contribution >= 0.6 is 23.6 Å². The van der Waals surface area contributed by atoms with Crippen LogP contribution in [-0.2, 0) is 24.1 Å². The summed E-state index contributed by atoms with van der Waals surface area (Å²) in [4.78, 5) is 21.1. The highest BCUT2D eigenvalue weighted by molar-refractivity contribution is 7.71. The average molecular weight is 366 g/mol. The number of rotatable bonds is 3. The van der Waals surface area contributed by atoms with Crippen molar-refractivity contribution in [2.24, 2.45) is 0 Å². The smallest absolute Gasteiger partial charge is 0.263 e. The van der Waals surface area contributed by atoms with Crippen LogP contribution in [0.25, 0.3) is 10.2 Å². The van der Waals surface area contributed by atoms with Gasteiger partial charge < -0.3 is 9.72 Å². The molecule has 0 unspecified atom stereocenters. The lowest BCUT2D eigenvalue weighted by atomic mass is 10.1. The normalized spacial score (nSPS) is 19.3. The highest BCUT2D eigenvalue weighted by Gasteiger charge is 2.19. The van der Waals surface area contributed by atoms with Crippen molar-refractivity contribution >= 4 is 33.8 Å². The monoisotopic (exact) mass is 365 g/mol. The molecule has 0 atom stereocenters. The van der Waals surface area contributed by atoms with Crippen LogP contribution in [0.1, 0.15) is 29.7 Å². The largest absolute Gasteiger partial charge is 0.379 e. The molecule has 2 aromatic heterocycles. The van der Waals surface area contributed by atoms with Crippen LogP contribution in [0.3, 0.4) is 0 Å². The molecular weight excluding hydrogens is 342 g/mol. The van der Waals surface area contributed by atoms with Gasteiger partial charge in [-0.25, -0.2) is 0 Å². The van der Waals surface area contributed by atoms with Crippen LogP contribution in [0.15, 0.2) is 4.79 Å². The number of aromatic nitrogens is 2. The molecule has 1 N–H and O–H groups in total. The summed E-state index contributed by atoms with van der Waals surface area (Å²) in [5.41, 5.74) is 1.38. The molecule has 7 heteroatoms. The van der Waals surface area contributed by atoms with Gasteiger partial charge in [-0.1, -0.05) is 6.42 Å². The maximum absolute atomic E-state index is 13.1. The van der Waals surface area contributed by atoms with Crippen LogP contribution in [0, 0.1) is 4.77 Å². The minimum Gasteiger partial charge on any atom is -0.379 e. The quantitative estimate of drug-likeness (QED) is 0.671. The molecule has 0 aromatic carbocycles. The zero-order valence-corrected chi connectivity index (χ0v) is 15.4. The van der Waals surface area contributed by atoms with E-state index in [0.717, 1.165) is 55.9 Å². The van der Waals surface area contributed by atoms with Crippen molar-refractivity contribution < 1.29 is 4.74 Å². The van der Waals surface area contributed by atoms with Crippen LogP contribution < -0.4 is 5.56 Å². The molecular formula is C17H23N3O2S2. The standard InChI is InChI=1S/C17H23N3O2S2/c21-16-14-12-4-2-1-3-5-13(12)24-15(14)18-17(23)20(16)7-6-19-8-10-22-11-9-19/h1-11H2,(H,18,23). The summed E-state index contributed by atoms with van der Waals surface area (Å²) < 4.78 is 7.69. The molecule has 130 valence electrons. The summed E-state index contributed by atoms with van der Waals surface area (Å²) in [7, 11) is 0. The average Bonchev–Trinajstić information content (AvgIpc) is 2.77. The summed E-state index contributed by atoms with van der Waals surface area (Å²) in [6.07, 6.45) is 5.80.